The van der Waals surface area contributed by atoms with Crippen LogP contribution in [0.15, 0.2) is 0 Å². The van der Waals surface area contributed by atoms with Gasteiger partial charge in [-0.15, -0.1) is 0 Å². The second kappa shape index (κ2) is 15.4. The summed E-state index contributed by atoms with van der Waals surface area (Å²) in [6.07, 6.45) is 0. The Bertz CT molecular complexity index is 291. The Balaban J connectivity index is 4.52. The second-order valence-corrected chi connectivity index (χ2v) is 19.0. The molecule has 0 aliphatic heterocycles. The molecule has 0 aromatic carbocycles. The summed E-state index contributed by atoms with van der Waals surface area (Å²) in [5, 5.41) is 0. The van der Waals surface area contributed by atoms with Crippen molar-refractivity contribution in [2.45, 2.75) is 6.48 Å². The van der Waals surface area contributed by atoms with Crippen LogP contribution in [0, 0.1) is 0 Å². The van der Waals surface area contributed by atoms with Crippen molar-refractivity contribution >= 4 is 85.5 Å². The van der Waals surface area contributed by atoms with E-state index >= 15 is 0 Å². The van der Waals surface area contributed by atoms with E-state index < -0.39 is 81.5 Å². The van der Waals surface area contributed by atoms with Crippen LogP contribution in [0.25, 0.3) is 0 Å². The van der Waals surface area contributed by atoms with E-state index in [4.69, 9.17) is 44.1 Å². The average molecular weight is 475 g/mol. The first-order valence-electron chi connectivity index (χ1n) is 5.74. The lowest BCUT2D eigenvalue weighted by atomic mass is 11.4. The Morgan fingerprint density at radius 1 is 0.955 bits per heavy atom. The molecule has 12 nitrogen and oxygen atoms in total. The molecular weight excluding hydrogens is 457 g/mol. The van der Waals surface area contributed by atoms with Gasteiger partial charge in [0.2, 0.25) is 0 Å². The fourth-order valence-electron chi connectivity index (χ4n) is 0.935. The van der Waals surface area contributed by atoms with E-state index in [1.54, 1.807) is 0 Å². The van der Waals surface area contributed by atoms with Gasteiger partial charge in [-0.25, -0.2) is 0 Å². The third-order valence-electron chi connectivity index (χ3n) is 1.70. The van der Waals surface area contributed by atoms with Crippen molar-refractivity contribution in [2.75, 3.05) is 0 Å². The van der Waals surface area contributed by atoms with Crippen molar-refractivity contribution in [1.82, 2.24) is 0 Å². The Labute approximate surface area is 145 Å². The Hall–Kier alpha value is 0.832. The predicted molar refractivity (Wildman–Crippen MR) is 90.7 cm³/mol. The molecule has 130 valence electrons. The van der Waals surface area contributed by atoms with E-state index in [0.717, 1.165) is 0 Å². The van der Waals surface area contributed by atoms with E-state index in [9.17, 15) is 8.92 Å². The molecule has 0 amide bonds. The van der Waals surface area contributed by atoms with Crippen LogP contribution in [0.1, 0.15) is 0 Å². The van der Waals surface area contributed by atoms with E-state index in [1.807, 2.05) is 0 Å². The lowest BCUT2D eigenvalue weighted by molar-refractivity contribution is -0.163. The summed E-state index contributed by atoms with van der Waals surface area (Å²) in [6.45, 7) is -1.53. The minimum atomic E-state index is -2.70. The van der Waals surface area contributed by atoms with Crippen LogP contribution in [0.3, 0.4) is 0 Å². The van der Waals surface area contributed by atoms with Gasteiger partial charge in [0.25, 0.3) is 48.6 Å². The molecule has 0 aromatic heterocycles. The molecule has 0 aromatic rings. The number of rotatable bonds is 15. The van der Waals surface area contributed by atoms with Gasteiger partial charge < -0.3 is 53.0 Å². The molecule has 0 radical (unpaired) electrons. The summed E-state index contributed by atoms with van der Waals surface area (Å²) in [7, 11) is -15.9. The molecule has 22 heavy (non-hydrogen) atoms. The first kappa shape index (κ1) is 22.8. The van der Waals surface area contributed by atoms with Gasteiger partial charge in [0.05, 0.1) is 0 Å². The van der Waals surface area contributed by atoms with Crippen LogP contribution in [0.2, 0.25) is 0 Å². The molecule has 0 bridgehead atoms. The first-order chi connectivity index (χ1) is 10.6. The molecular formula is CH18O12Si9. The minimum Gasteiger partial charge on any atom is -0.469 e. The number of hydrogen-bond donors (Lipinski definition) is 3. The molecule has 0 aliphatic rings. The standard InChI is InChI=1S/CH18O12Si9/c2-15-11-18-20(5)7-1(8-21(6)19-12-16-3)9-22(10-14)13-17-4/h1-4,22H,15-19H2,14H3. The van der Waals surface area contributed by atoms with Crippen molar-refractivity contribution in [3.8, 4) is 0 Å². The van der Waals surface area contributed by atoms with Gasteiger partial charge in [-0.05, 0) is 0 Å². The maximum atomic E-state index is 11.6. The molecule has 0 rings (SSSR count). The third kappa shape index (κ3) is 12.3. The molecule has 21 heteroatoms. The highest BCUT2D eigenvalue weighted by atomic mass is 29.2. The molecule has 0 aliphatic carbocycles. The van der Waals surface area contributed by atoms with Crippen LogP contribution < -0.4 is 0 Å². The molecule has 0 spiro atoms. The Morgan fingerprint density at radius 2 is 1.45 bits per heavy atom. The summed E-state index contributed by atoms with van der Waals surface area (Å²) < 4.78 is 58.0. The van der Waals surface area contributed by atoms with Crippen molar-refractivity contribution in [2.24, 2.45) is 0 Å². The average Bonchev–Trinajstić information content (AvgIpc) is 2.50. The number of hydrogen-bond acceptors (Lipinski definition) is 12. The van der Waals surface area contributed by atoms with Gasteiger partial charge in [0.1, 0.15) is 10.5 Å². The summed E-state index contributed by atoms with van der Waals surface area (Å²) in [5.74, 6) is 0. The van der Waals surface area contributed by atoms with Crippen LogP contribution in [0.4, 0.5) is 0 Å². The minimum absolute atomic E-state index is 0.279. The van der Waals surface area contributed by atoms with E-state index in [1.165, 1.54) is 0 Å². The maximum absolute atomic E-state index is 11.6. The topological polar surface area (TPSA) is 159 Å². The molecule has 0 heterocycles. The zero-order chi connectivity index (χ0) is 16.8. The van der Waals surface area contributed by atoms with E-state index in [0.29, 0.717) is 0 Å². The van der Waals surface area contributed by atoms with Crippen LogP contribution in [0.5, 0.6) is 0 Å². The summed E-state index contributed by atoms with van der Waals surface area (Å²) >= 11 is 0. The van der Waals surface area contributed by atoms with Crippen LogP contribution in [-0.4, -0.2) is 106 Å². The Kier molecular flexibility index (Phi) is 15.9. The molecule has 0 fully saturated rings. The SMILES string of the molecule is O=[Si](OC(O[Si](=O)[SiH2]O[SiH2]O)O[SiH](O[SiH3])O[SiH2]O)[SiH2]O[SiH2]O. The lowest BCUT2D eigenvalue weighted by Gasteiger charge is -2.22. The largest absolute Gasteiger partial charge is 0.498 e. The van der Waals surface area contributed by atoms with Crippen molar-refractivity contribution in [3.63, 3.8) is 0 Å². The first-order valence-corrected chi connectivity index (χ1v) is 20.0. The van der Waals surface area contributed by atoms with Gasteiger partial charge in [0.15, 0.2) is 0 Å². The fourth-order valence-corrected chi connectivity index (χ4v) is 13.3. The zero-order valence-electron chi connectivity index (χ0n) is 11.7. The smallest absolute Gasteiger partial charge is 0.469 e. The van der Waals surface area contributed by atoms with Gasteiger partial charge in [-0.2, -0.15) is 0 Å². The summed E-state index contributed by atoms with van der Waals surface area (Å²) in [4.78, 5) is 26.1. The highest BCUT2D eigenvalue weighted by Gasteiger charge is 2.27. The van der Waals surface area contributed by atoms with Gasteiger partial charge in [-0.3, -0.25) is 0 Å². The summed E-state index contributed by atoms with van der Waals surface area (Å²) in [6, 6.07) is 0. The maximum Gasteiger partial charge on any atom is 0.498 e. The molecule has 3 N–H and O–H groups in total. The highest BCUT2D eigenvalue weighted by molar-refractivity contribution is 6.99. The van der Waals surface area contributed by atoms with Crippen molar-refractivity contribution < 1.29 is 53.0 Å². The van der Waals surface area contributed by atoms with E-state index in [-0.39, 0.29) is 10.5 Å². The van der Waals surface area contributed by atoms with Gasteiger partial charge in [0, 0.05) is 0 Å². The fraction of sp³-hybridized carbons (Fsp3) is 1.00. The van der Waals surface area contributed by atoms with Gasteiger partial charge >= 0.3 is 32.9 Å². The van der Waals surface area contributed by atoms with Crippen LogP contribution >= 0.6 is 0 Å². The molecule has 0 saturated heterocycles. The summed E-state index contributed by atoms with van der Waals surface area (Å²) in [5.41, 5.74) is 0. The van der Waals surface area contributed by atoms with Crippen molar-refractivity contribution in [3.05, 3.63) is 0 Å². The second-order valence-electron chi connectivity index (χ2n) is 3.18. The molecule has 0 saturated carbocycles. The normalized spacial score (nSPS) is 16.3. The highest BCUT2D eigenvalue weighted by Crippen LogP contribution is 2.02. The van der Waals surface area contributed by atoms with E-state index in [2.05, 4.69) is 0 Å². The van der Waals surface area contributed by atoms with Crippen molar-refractivity contribution in [1.29, 1.82) is 0 Å². The third-order valence-corrected chi connectivity index (χ3v) is 15.9. The van der Waals surface area contributed by atoms with Gasteiger partial charge in [-0.1, -0.05) is 0 Å². The zero-order valence-corrected chi connectivity index (χ0v) is 23.9. The lowest BCUT2D eigenvalue weighted by Crippen LogP contribution is -2.41. The quantitative estimate of drug-likeness (QED) is 0.152. The monoisotopic (exact) mass is 474 g/mol. The predicted octanol–water partition coefficient (Wildman–Crippen LogP) is -9.64. The molecule has 1 unspecified atom stereocenters. The van der Waals surface area contributed by atoms with Crippen LogP contribution in [-0.2, 0) is 38.7 Å². The molecule has 1 atom stereocenters. The Morgan fingerprint density at radius 3 is 1.82 bits per heavy atom.